The summed E-state index contributed by atoms with van der Waals surface area (Å²) in [5.41, 5.74) is 3.08. The van der Waals surface area contributed by atoms with E-state index in [0.29, 0.717) is 36.4 Å². The molecule has 2 aliphatic rings. The second kappa shape index (κ2) is 6.99. The molecule has 0 saturated carbocycles. The second-order valence-electron chi connectivity index (χ2n) is 7.28. The van der Waals surface area contributed by atoms with Crippen LogP contribution in [0.3, 0.4) is 0 Å². The number of amides is 1. The zero-order valence-corrected chi connectivity index (χ0v) is 15.6. The zero-order chi connectivity index (χ0) is 20.8. The summed E-state index contributed by atoms with van der Waals surface area (Å²) in [6.45, 7) is 2.37. The number of halogens is 3. The summed E-state index contributed by atoms with van der Waals surface area (Å²) < 4.78 is 44.2. The molecule has 2 aromatic rings. The molecular formula is C21H18F3N3O2. The van der Waals surface area contributed by atoms with Crippen LogP contribution in [-0.4, -0.2) is 24.7 Å². The van der Waals surface area contributed by atoms with Crippen LogP contribution in [0.4, 0.5) is 18.9 Å². The minimum Gasteiger partial charge on any atom is -0.455 e. The molecule has 0 aromatic heterocycles. The first-order chi connectivity index (χ1) is 13.8. The van der Waals surface area contributed by atoms with E-state index in [2.05, 4.69) is 16.3 Å². The number of fused-ring (bicyclic) bond motifs is 5. The molecule has 0 spiro atoms. The van der Waals surface area contributed by atoms with Crippen molar-refractivity contribution in [2.24, 2.45) is 0 Å². The number of nitriles is 1. The number of piperidine rings is 1. The van der Waals surface area contributed by atoms with Gasteiger partial charge in [-0.2, -0.15) is 18.4 Å². The third kappa shape index (κ3) is 3.48. The van der Waals surface area contributed by atoms with E-state index in [4.69, 9.17) is 4.74 Å². The van der Waals surface area contributed by atoms with Crippen LogP contribution in [0.25, 0.3) is 0 Å². The van der Waals surface area contributed by atoms with E-state index >= 15 is 0 Å². The van der Waals surface area contributed by atoms with Crippen molar-refractivity contribution in [3.8, 4) is 17.6 Å². The van der Waals surface area contributed by atoms with Crippen LogP contribution in [0.2, 0.25) is 0 Å². The number of nitrogens with zero attached hydrogens (tertiary/aromatic N) is 2. The number of carbonyl (C=O) groups excluding carboxylic acids is 1. The van der Waals surface area contributed by atoms with Crippen LogP contribution in [0.15, 0.2) is 36.4 Å². The van der Waals surface area contributed by atoms with Gasteiger partial charge in [0.25, 0.3) is 0 Å². The Morgan fingerprint density at radius 3 is 2.79 bits per heavy atom. The van der Waals surface area contributed by atoms with Crippen LogP contribution in [0.1, 0.15) is 35.6 Å². The fraction of sp³-hybridized carbons (Fsp3) is 0.333. The zero-order valence-electron chi connectivity index (χ0n) is 15.6. The lowest BCUT2D eigenvalue weighted by molar-refractivity contribution is -0.174. The van der Waals surface area contributed by atoms with Gasteiger partial charge in [0, 0.05) is 24.2 Å². The van der Waals surface area contributed by atoms with Crippen molar-refractivity contribution >= 4 is 11.6 Å². The van der Waals surface area contributed by atoms with E-state index in [1.54, 1.807) is 18.2 Å². The van der Waals surface area contributed by atoms with E-state index in [9.17, 15) is 23.2 Å². The van der Waals surface area contributed by atoms with Gasteiger partial charge >= 0.3 is 12.1 Å². The highest BCUT2D eigenvalue weighted by Gasteiger charge is 2.42. The molecule has 0 radical (unpaired) electrons. The highest BCUT2D eigenvalue weighted by atomic mass is 19.4. The van der Waals surface area contributed by atoms with Crippen molar-refractivity contribution in [1.29, 1.82) is 5.26 Å². The van der Waals surface area contributed by atoms with Gasteiger partial charge in [0.1, 0.15) is 5.75 Å². The number of ether oxygens (including phenoxy) is 1. The topological polar surface area (TPSA) is 65.4 Å². The van der Waals surface area contributed by atoms with Gasteiger partial charge in [-0.25, -0.2) is 0 Å². The summed E-state index contributed by atoms with van der Waals surface area (Å²) in [5, 5.41) is 11.3. The first-order valence-electron chi connectivity index (χ1n) is 9.24. The molecule has 1 saturated heterocycles. The van der Waals surface area contributed by atoms with Gasteiger partial charge in [0.15, 0.2) is 5.75 Å². The number of aryl methyl sites for hydroxylation is 1. The Balaban J connectivity index is 1.74. The number of nitrogens with one attached hydrogen (secondary N) is 1. The molecule has 1 fully saturated rings. The Morgan fingerprint density at radius 1 is 1.28 bits per heavy atom. The Hall–Kier alpha value is -3.21. The van der Waals surface area contributed by atoms with E-state index in [1.165, 1.54) is 0 Å². The SMILES string of the molecule is Cc1cccc2c1[C@@H]1C[C@@H](NC(=O)C(F)(F)F)CCN1c1ccc(C#N)cc1O2. The minimum absolute atomic E-state index is 0.257. The molecule has 8 heteroatoms. The highest BCUT2D eigenvalue weighted by Crippen LogP contribution is 2.48. The number of rotatable bonds is 1. The maximum Gasteiger partial charge on any atom is 0.471 e. The Morgan fingerprint density at radius 2 is 2.07 bits per heavy atom. The van der Waals surface area contributed by atoms with Crippen molar-refractivity contribution in [1.82, 2.24) is 5.32 Å². The summed E-state index contributed by atoms with van der Waals surface area (Å²) in [6, 6.07) is 12.0. The number of carbonyl (C=O) groups is 1. The van der Waals surface area contributed by atoms with Crippen LogP contribution in [0, 0.1) is 18.3 Å². The molecule has 4 rings (SSSR count). The molecule has 150 valence electrons. The predicted octanol–water partition coefficient (Wildman–Crippen LogP) is 4.36. The Kier molecular flexibility index (Phi) is 4.61. The molecule has 0 unspecified atom stereocenters. The van der Waals surface area contributed by atoms with Crippen molar-refractivity contribution in [3.05, 3.63) is 53.1 Å². The van der Waals surface area contributed by atoms with E-state index in [-0.39, 0.29) is 6.04 Å². The fourth-order valence-electron chi connectivity index (χ4n) is 4.12. The maximum atomic E-state index is 12.7. The monoisotopic (exact) mass is 401 g/mol. The van der Waals surface area contributed by atoms with E-state index in [0.717, 1.165) is 16.8 Å². The van der Waals surface area contributed by atoms with E-state index in [1.807, 2.05) is 25.1 Å². The molecule has 2 heterocycles. The average Bonchev–Trinajstić information content (AvgIpc) is 2.81. The molecule has 1 amide bonds. The average molecular weight is 401 g/mol. The normalized spacial score (nSPS) is 20.3. The molecular weight excluding hydrogens is 383 g/mol. The number of hydrogen-bond donors (Lipinski definition) is 1. The molecule has 29 heavy (non-hydrogen) atoms. The molecule has 0 bridgehead atoms. The summed E-state index contributed by atoms with van der Waals surface area (Å²) in [7, 11) is 0. The molecule has 2 atom stereocenters. The van der Waals surface area contributed by atoms with Crippen molar-refractivity contribution in [2.75, 3.05) is 11.4 Å². The second-order valence-corrected chi connectivity index (χ2v) is 7.28. The first-order valence-corrected chi connectivity index (χ1v) is 9.24. The maximum absolute atomic E-state index is 12.7. The lowest BCUT2D eigenvalue weighted by Gasteiger charge is -2.41. The highest BCUT2D eigenvalue weighted by molar-refractivity contribution is 5.82. The van der Waals surface area contributed by atoms with Gasteiger partial charge in [-0.15, -0.1) is 0 Å². The summed E-state index contributed by atoms with van der Waals surface area (Å²) in [5.74, 6) is -0.766. The third-order valence-electron chi connectivity index (χ3n) is 5.43. The number of alkyl halides is 3. The lowest BCUT2D eigenvalue weighted by atomic mass is 9.88. The van der Waals surface area contributed by atoms with Gasteiger partial charge < -0.3 is 15.0 Å². The third-order valence-corrected chi connectivity index (χ3v) is 5.43. The van der Waals surface area contributed by atoms with Gasteiger partial charge in [-0.3, -0.25) is 4.79 Å². The number of hydrogen-bond acceptors (Lipinski definition) is 4. The van der Waals surface area contributed by atoms with Crippen LogP contribution >= 0.6 is 0 Å². The van der Waals surface area contributed by atoms with Gasteiger partial charge in [-0.05, 0) is 43.5 Å². The smallest absolute Gasteiger partial charge is 0.455 e. The fourth-order valence-corrected chi connectivity index (χ4v) is 4.12. The molecule has 5 nitrogen and oxygen atoms in total. The quantitative estimate of drug-likeness (QED) is 0.771. The largest absolute Gasteiger partial charge is 0.471 e. The Bertz CT molecular complexity index is 1010. The minimum atomic E-state index is -4.90. The van der Waals surface area contributed by atoms with E-state index < -0.39 is 18.1 Å². The first kappa shape index (κ1) is 19.1. The molecule has 0 aliphatic carbocycles. The summed E-state index contributed by atoms with van der Waals surface area (Å²) in [4.78, 5) is 13.5. The summed E-state index contributed by atoms with van der Waals surface area (Å²) >= 11 is 0. The summed E-state index contributed by atoms with van der Waals surface area (Å²) in [6.07, 6.45) is -4.21. The molecule has 2 aromatic carbocycles. The van der Waals surface area contributed by atoms with Gasteiger partial charge in [-0.1, -0.05) is 12.1 Å². The van der Waals surface area contributed by atoms with Crippen molar-refractivity contribution in [2.45, 2.75) is 38.0 Å². The van der Waals surface area contributed by atoms with Crippen LogP contribution in [0.5, 0.6) is 11.5 Å². The Labute approximate surface area is 165 Å². The predicted molar refractivity (Wildman–Crippen MR) is 99.7 cm³/mol. The molecule has 1 N–H and O–H groups in total. The molecule has 2 aliphatic heterocycles. The van der Waals surface area contributed by atoms with Gasteiger partial charge in [0.05, 0.1) is 23.4 Å². The number of anilines is 1. The van der Waals surface area contributed by atoms with Crippen LogP contribution in [-0.2, 0) is 4.79 Å². The van der Waals surface area contributed by atoms with Crippen molar-refractivity contribution in [3.63, 3.8) is 0 Å². The van der Waals surface area contributed by atoms with Crippen molar-refractivity contribution < 1.29 is 22.7 Å². The van der Waals surface area contributed by atoms with Gasteiger partial charge in [0.2, 0.25) is 0 Å². The standard InChI is InChI=1S/C21H18F3N3O2/c1-12-3-2-4-17-19(12)16-10-14(26-20(28)21(22,23)24)7-8-27(16)15-6-5-13(11-25)9-18(15)29-17/h2-6,9,14,16H,7-8,10H2,1H3,(H,26,28)/t14-,16-/m0/s1. The van der Waals surface area contributed by atoms with Crippen LogP contribution < -0.4 is 15.0 Å². The lowest BCUT2D eigenvalue weighted by Crippen LogP contribution is -2.49. The number of benzene rings is 2.